The van der Waals surface area contributed by atoms with Gasteiger partial charge in [-0.25, -0.2) is 0 Å². The van der Waals surface area contributed by atoms with E-state index < -0.39 is 0 Å². The molecule has 0 aromatic heterocycles. The summed E-state index contributed by atoms with van der Waals surface area (Å²) in [6.45, 7) is 3.47. The monoisotopic (exact) mass is 255 g/mol. The number of benzene rings is 1. The van der Waals surface area contributed by atoms with Gasteiger partial charge in [-0.05, 0) is 25.1 Å². The van der Waals surface area contributed by atoms with E-state index in [0.29, 0.717) is 5.02 Å². The first-order chi connectivity index (χ1) is 8.16. The van der Waals surface area contributed by atoms with Gasteiger partial charge in [-0.1, -0.05) is 11.6 Å². The van der Waals surface area contributed by atoms with Crippen LogP contribution in [0, 0.1) is 0 Å². The van der Waals surface area contributed by atoms with Gasteiger partial charge in [0.2, 0.25) is 0 Å². The molecule has 1 aliphatic rings. The Balaban J connectivity index is 2.13. The molecule has 3 nitrogen and oxygen atoms in total. The fraction of sp³-hybridized carbons (Fsp3) is 0.538. The van der Waals surface area contributed by atoms with Gasteiger partial charge in [0, 0.05) is 29.5 Å². The molecule has 1 heterocycles. The Labute approximate surface area is 107 Å². The van der Waals surface area contributed by atoms with Crippen LogP contribution in [-0.2, 0) is 4.74 Å². The van der Waals surface area contributed by atoms with Crippen LogP contribution in [-0.4, -0.2) is 19.3 Å². The first-order valence-electron chi connectivity index (χ1n) is 5.96. The zero-order valence-corrected chi connectivity index (χ0v) is 10.7. The second-order valence-electron chi connectivity index (χ2n) is 4.40. The molecule has 4 heteroatoms. The first kappa shape index (κ1) is 12.7. The number of hydrogen-bond acceptors (Lipinski definition) is 3. The molecule has 0 spiro atoms. The second kappa shape index (κ2) is 5.71. The maximum atomic E-state index is 5.98. The highest BCUT2D eigenvalue weighted by Crippen LogP contribution is 2.29. The molecule has 1 saturated heterocycles. The predicted octanol–water partition coefficient (Wildman–Crippen LogP) is 2.92. The van der Waals surface area contributed by atoms with E-state index in [0.717, 1.165) is 37.4 Å². The molecule has 1 aliphatic heterocycles. The van der Waals surface area contributed by atoms with Gasteiger partial charge in [0.15, 0.2) is 0 Å². The van der Waals surface area contributed by atoms with Gasteiger partial charge in [-0.3, -0.25) is 0 Å². The molecule has 94 valence electrons. The van der Waals surface area contributed by atoms with E-state index in [-0.39, 0.29) is 12.1 Å². The Morgan fingerprint density at radius 2 is 2.12 bits per heavy atom. The summed E-state index contributed by atoms with van der Waals surface area (Å²) < 4.78 is 11.3. The lowest BCUT2D eigenvalue weighted by Crippen LogP contribution is -2.26. The Morgan fingerprint density at radius 3 is 2.76 bits per heavy atom. The Hall–Kier alpha value is -0.770. The lowest BCUT2D eigenvalue weighted by Gasteiger charge is -2.25. The molecule has 0 bridgehead atoms. The first-order valence-corrected chi connectivity index (χ1v) is 6.34. The summed E-state index contributed by atoms with van der Waals surface area (Å²) in [7, 11) is 0. The van der Waals surface area contributed by atoms with Gasteiger partial charge in [0.1, 0.15) is 11.9 Å². The van der Waals surface area contributed by atoms with Gasteiger partial charge < -0.3 is 15.2 Å². The van der Waals surface area contributed by atoms with E-state index >= 15 is 0 Å². The SMILES string of the molecule is C[C@@H](N)c1cc(Cl)ccc1OC1CCOCC1. The third-order valence-corrected chi connectivity index (χ3v) is 3.16. The van der Waals surface area contributed by atoms with Crippen LogP contribution in [0.15, 0.2) is 18.2 Å². The molecular formula is C13H18ClNO2. The summed E-state index contributed by atoms with van der Waals surface area (Å²) >= 11 is 5.97. The maximum Gasteiger partial charge on any atom is 0.124 e. The molecule has 0 aliphatic carbocycles. The summed E-state index contributed by atoms with van der Waals surface area (Å²) in [5.74, 6) is 0.844. The topological polar surface area (TPSA) is 44.5 Å². The van der Waals surface area contributed by atoms with Crippen LogP contribution in [0.4, 0.5) is 0 Å². The highest BCUT2D eigenvalue weighted by Gasteiger charge is 2.18. The Kier molecular flexibility index (Phi) is 4.26. The smallest absolute Gasteiger partial charge is 0.124 e. The standard InChI is InChI=1S/C13H18ClNO2/c1-9(15)12-8-10(14)2-3-13(12)17-11-4-6-16-7-5-11/h2-3,8-9,11H,4-7,15H2,1H3/t9-/m1/s1. The number of ether oxygens (including phenoxy) is 2. The van der Waals surface area contributed by atoms with Gasteiger partial charge in [-0.2, -0.15) is 0 Å². The van der Waals surface area contributed by atoms with Crippen LogP contribution < -0.4 is 10.5 Å². The normalized spacial score (nSPS) is 19.0. The van der Waals surface area contributed by atoms with Crippen molar-refractivity contribution in [1.82, 2.24) is 0 Å². The molecule has 0 amide bonds. The van der Waals surface area contributed by atoms with Crippen molar-refractivity contribution in [3.05, 3.63) is 28.8 Å². The zero-order valence-electron chi connectivity index (χ0n) is 9.99. The van der Waals surface area contributed by atoms with E-state index in [1.165, 1.54) is 0 Å². The van der Waals surface area contributed by atoms with Gasteiger partial charge in [0.25, 0.3) is 0 Å². The number of hydrogen-bond donors (Lipinski definition) is 1. The van der Waals surface area contributed by atoms with Crippen LogP contribution in [0.1, 0.15) is 31.4 Å². The molecule has 17 heavy (non-hydrogen) atoms. The highest BCUT2D eigenvalue weighted by molar-refractivity contribution is 6.30. The molecular weight excluding hydrogens is 238 g/mol. The predicted molar refractivity (Wildman–Crippen MR) is 68.5 cm³/mol. The minimum Gasteiger partial charge on any atom is -0.490 e. The van der Waals surface area contributed by atoms with E-state index in [1.54, 1.807) is 0 Å². The van der Waals surface area contributed by atoms with E-state index in [4.69, 9.17) is 26.8 Å². The third kappa shape index (κ3) is 3.35. The Morgan fingerprint density at radius 1 is 1.41 bits per heavy atom. The van der Waals surface area contributed by atoms with E-state index in [1.807, 2.05) is 25.1 Å². The molecule has 0 saturated carbocycles. The molecule has 0 unspecified atom stereocenters. The van der Waals surface area contributed by atoms with Crippen LogP contribution in [0.3, 0.4) is 0 Å². The van der Waals surface area contributed by atoms with Crippen molar-refractivity contribution in [1.29, 1.82) is 0 Å². The van der Waals surface area contributed by atoms with Gasteiger partial charge in [0.05, 0.1) is 13.2 Å². The van der Waals surface area contributed by atoms with Crippen molar-refractivity contribution >= 4 is 11.6 Å². The lowest BCUT2D eigenvalue weighted by atomic mass is 10.1. The molecule has 1 atom stereocenters. The summed E-state index contributed by atoms with van der Waals surface area (Å²) in [4.78, 5) is 0. The molecule has 1 aromatic rings. The van der Waals surface area contributed by atoms with Crippen molar-refractivity contribution in [3.63, 3.8) is 0 Å². The minimum absolute atomic E-state index is 0.0801. The van der Waals surface area contributed by atoms with Crippen LogP contribution >= 0.6 is 11.6 Å². The molecule has 1 aromatic carbocycles. The quantitative estimate of drug-likeness (QED) is 0.903. The van der Waals surface area contributed by atoms with Crippen molar-refractivity contribution in [2.24, 2.45) is 5.73 Å². The summed E-state index contributed by atoms with van der Waals surface area (Å²) in [5, 5.41) is 0.691. The van der Waals surface area contributed by atoms with Crippen LogP contribution in [0.25, 0.3) is 0 Å². The van der Waals surface area contributed by atoms with Crippen LogP contribution in [0.2, 0.25) is 5.02 Å². The average Bonchev–Trinajstić information content (AvgIpc) is 2.32. The molecule has 2 rings (SSSR count). The molecule has 0 radical (unpaired) electrons. The van der Waals surface area contributed by atoms with Crippen LogP contribution in [0.5, 0.6) is 5.75 Å². The average molecular weight is 256 g/mol. The van der Waals surface area contributed by atoms with E-state index in [9.17, 15) is 0 Å². The maximum absolute atomic E-state index is 5.98. The minimum atomic E-state index is -0.0801. The van der Waals surface area contributed by atoms with Crippen molar-refractivity contribution in [3.8, 4) is 5.75 Å². The Bertz CT molecular complexity index is 376. The van der Waals surface area contributed by atoms with Gasteiger partial charge >= 0.3 is 0 Å². The second-order valence-corrected chi connectivity index (χ2v) is 4.84. The molecule has 1 fully saturated rings. The van der Waals surface area contributed by atoms with Crippen molar-refractivity contribution < 1.29 is 9.47 Å². The summed E-state index contributed by atoms with van der Waals surface area (Å²) in [5.41, 5.74) is 6.89. The molecule has 2 N–H and O–H groups in total. The summed E-state index contributed by atoms with van der Waals surface area (Å²) in [6.07, 6.45) is 2.09. The number of halogens is 1. The lowest BCUT2D eigenvalue weighted by molar-refractivity contribution is 0.0251. The third-order valence-electron chi connectivity index (χ3n) is 2.92. The zero-order chi connectivity index (χ0) is 12.3. The fourth-order valence-electron chi connectivity index (χ4n) is 1.96. The largest absolute Gasteiger partial charge is 0.490 e. The van der Waals surface area contributed by atoms with Crippen molar-refractivity contribution in [2.75, 3.05) is 13.2 Å². The summed E-state index contributed by atoms with van der Waals surface area (Å²) in [6, 6.07) is 5.53. The number of nitrogens with two attached hydrogens (primary N) is 1. The highest BCUT2D eigenvalue weighted by atomic mass is 35.5. The van der Waals surface area contributed by atoms with E-state index in [2.05, 4.69) is 0 Å². The van der Waals surface area contributed by atoms with Gasteiger partial charge in [-0.15, -0.1) is 0 Å². The number of rotatable bonds is 3. The fourth-order valence-corrected chi connectivity index (χ4v) is 2.14. The van der Waals surface area contributed by atoms with Crippen molar-refractivity contribution in [2.45, 2.75) is 31.9 Å².